The molecular weight excluding hydrogens is 372 g/mol. The van der Waals surface area contributed by atoms with Crippen molar-refractivity contribution in [1.82, 2.24) is 14.8 Å². The predicted molar refractivity (Wildman–Crippen MR) is 98.1 cm³/mol. The van der Waals surface area contributed by atoms with Crippen molar-refractivity contribution < 1.29 is 23.2 Å². The first-order valence-corrected chi connectivity index (χ1v) is 10.3. The number of sulfonamides is 1. The van der Waals surface area contributed by atoms with E-state index in [1.807, 2.05) is 5.01 Å². The monoisotopic (exact) mass is 396 g/mol. The van der Waals surface area contributed by atoms with Crippen LogP contribution in [0, 0.1) is 0 Å². The van der Waals surface area contributed by atoms with Crippen molar-refractivity contribution in [3.63, 3.8) is 0 Å². The van der Waals surface area contributed by atoms with Gasteiger partial charge in [0.05, 0.1) is 24.3 Å². The van der Waals surface area contributed by atoms with Gasteiger partial charge in [-0.1, -0.05) is 0 Å². The fraction of sp³-hybridized carbons (Fsp3) is 0.529. The largest absolute Gasteiger partial charge is 0.497 e. The van der Waals surface area contributed by atoms with E-state index in [2.05, 4.69) is 5.10 Å². The highest BCUT2D eigenvalue weighted by atomic mass is 32.2. The van der Waals surface area contributed by atoms with Crippen molar-refractivity contribution in [3.05, 3.63) is 24.3 Å². The van der Waals surface area contributed by atoms with Crippen LogP contribution in [0.4, 0.5) is 0 Å². The van der Waals surface area contributed by atoms with Crippen LogP contribution in [0.1, 0.15) is 25.7 Å². The van der Waals surface area contributed by atoms with E-state index in [9.17, 15) is 13.2 Å². The van der Waals surface area contributed by atoms with Crippen LogP contribution >= 0.6 is 0 Å². The molecule has 0 aromatic heterocycles. The van der Waals surface area contributed by atoms with E-state index in [0.29, 0.717) is 11.5 Å². The average molecular weight is 396 g/mol. The zero-order chi connectivity index (χ0) is 19.4. The van der Waals surface area contributed by atoms with Crippen LogP contribution in [-0.4, -0.2) is 67.3 Å². The maximum atomic E-state index is 13.1. The molecular formula is C17H24N4O5S. The minimum absolute atomic E-state index is 0.0168. The molecule has 2 saturated heterocycles. The van der Waals surface area contributed by atoms with Gasteiger partial charge in [0.2, 0.25) is 10.0 Å². The molecule has 1 amide bonds. The molecule has 0 bridgehead atoms. The van der Waals surface area contributed by atoms with Crippen molar-refractivity contribution in [1.29, 1.82) is 0 Å². The number of nitrogens with zero attached hydrogens (tertiary/aromatic N) is 3. The minimum Gasteiger partial charge on any atom is -0.497 e. The van der Waals surface area contributed by atoms with Gasteiger partial charge in [0.25, 0.3) is 5.91 Å². The van der Waals surface area contributed by atoms with Crippen LogP contribution in [0.5, 0.6) is 5.75 Å². The SMILES string of the molecule is COc1ccc(S(=O)(=O)N2C/C(=N\N3CCCCC3)C[C@H]2C(=O)NO)cc1. The maximum Gasteiger partial charge on any atom is 0.262 e. The Morgan fingerprint density at radius 3 is 2.48 bits per heavy atom. The highest BCUT2D eigenvalue weighted by Crippen LogP contribution is 2.27. The van der Waals surface area contributed by atoms with E-state index in [1.54, 1.807) is 17.6 Å². The molecule has 27 heavy (non-hydrogen) atoms. The number of hydroxylamine groups is 1. The van der Waals surface area contributed by atoms with Crippen LogP contribution in [0.15, 0.2) is 34.3 Å². The summed E-state index contributed by atoms with van der Waals surface area (Å²) in [5.74, 6) is -0.233. The maximum absolute atomic E-state index is 13.1. The van der Waals surface area contributed by atoms with Crippen molar-refractivity contribution in [2.45, 2.75) is 36.6 Å². The van der Waals surface area contributed by atoms with E-state index >= 15 is 0 Å². The molecule has 148 valence electrons. The average Bonchev–Trinajstić information content (AvgIpc) is 3.13. The molecule has 2 heterocycles. The van der Waals surface area contributed by atoms with Gasteiger partial charge >= 0.3 is 0 Å². The number of hydrazone groups is 1. The quantitative estimate of drug-likeness (QED) is 0.563. The minimum atomic E-state index is -3.94. The Labute approximate surface area is 158 Å². The Balaban J connectivity index is 1.87. The summed E-state index contributed by atoms with van der Waals surface area (Å²) in [5, 5.41) is 15.5. The van der Waals surface area contributed by atoms with Crippen LogP contribution in [0.25, 0.3) is 0 Å². The summed E-state index contributed by atoms with van der Waals surface area (Å²) in [5.41, 5.74) is 2.18. The second kappa shape index (κ2) is 8.24. The fourth-order valence-electron chi connectivity index (χ4n) is 3.36. The molecule has 2 fully saturated rings. The van der Waals surface area contributed by atoms with Gasteiger partial charge in [0.1, 0.15) is 11.8 Å². The van der Waals surface area contributed by atoms with Crippen molar-refractivity contribution in [2.75, 3.05) is 26.7 Å². The Hall–Kier alpha value is -2.17. The second-order valence-electron chi connectivity index (χ2n) is 6.60. The van der Waals surface area contributed by atoms with Gasteiger partial charge in [-0.25, -0.2) is 13.9 Å². The second-order valence-corrected chi connectivity index (χ2v) is 8.49. The summed E-state index contributed by atoms with van der Waals surface area (Å²) in [7, 11) is -2.44. The number of carbonyl (C=O) groups is 1. The van der Waals surface area contributed by atoms with E-state index in [4.69, 9.17) is 9.94 Å². The number of piperidine rings is 1. The summed E-state index contributed by atoms with van der Waals surface area (Å²) < 4.78 is 32.3. The van der Waals surface area contributed by atoms with Gasteiger partial charge in [-0.2, -0.15) is 9.41 Å². The van der Waals surface area contributed by atoms with Crippen molar-refractivity contribution >= 4 is 21.6 Å². The lowest BCUT2D eigenvalue weighted by Gasteiger charge is -2.24. The molecule has 0 radical (unpaired) electrons. The topological polar surface area (TPSA) is 112 Å². The van der Waals surface area contributed by atoms with E-state index < -0.39 is 22.0 Å². The lowest BCUT2D eigenvalue weighted by atomic mass is 10.2. The molecule has 0 aliphatic carbocycles. The fourth-order valence-corrected chi connectivity index (χ4v) is 4.94. The number of carbonyl (C=O) groups excluding carboxylic acids is 1. The number of ether oxygens (including phenoxy) is 1. The Kier molecular flexibility index (Phi) is 5.98. The van der Waals surface area contributed by atoms with E-state index in [-0.39, 0.29) is 17.9 Å². The molecule has 0 saturated carbocycles. The standard InChI is InChI=1S/C17H24N4O5S/c1-26-14-5-7-15(8-6-14)27(24,25)21-12-13(11-16(21)17(22)19-23)18-20-9-3-2-4-10-20/h5-8,16,23H,2-4,9-12H2,1H3,(H,19,22)/b18-13-/t16-/m0/s1. The zero-order valence-corrected chi connectivity index (χ0v) is 16.0. The molecule has 9 nitrogen and oxygen atoms in total. The van der Waals surface area contributed by atoms with Crippen molar-refractivity contribution in [2.24, 2.45) is 5.10 Å². The normalized spacial score (nSPS) is 22.8. The third kappa shape index (κ3) is 4.23. The summed E-state index contributed by atoms with van der Waals surface area (Å²) in [6, 6.07) is 4.93. The predicted octanol–water partition coefficient (Wildman–Crippen LogP) is 0.806. The van der Waals surface area contributed by atoms with Gasteiger partial charge < -0.3 is 4.74 Å². The number of hydrogen-bond acceptors (Lipinski definition) is 7. The zero-order valence-electron chi connectivity index (χ0n) is 15.2. The third-order valence-electron chi connectivity index (χ3n) is 4.81. The number of nitrogens with one attached hydrogen (secondary N) is 1. The molecule has 2 N–H and O–H groups in total. The highest BCUT2D eigenvalue weighted by molar-refractivity contribution is 7.89. The van der Waals surface area contributed by atoms with Crippen LogP contribution < -0.4 is 10.2 Å². The van der Waals surface area contributed by atoms with Crippen LogP contribution in [0.3, 0.4) is 0 Å². The first-order chi connectivity index (χ1) is 13.0. The first-order valence-electron chi connectivity index (χ1n) is 8.87. The van der Waals surface area contributed by atoms with E-state index in [1.165, 1.54) is 19.2 Å². The molecule has 0 spiro atoms. The molecule has 1 atom stereocenters. The molecule has 2 aliphatic rings. The summed E-state index contributed by atoms with van der Waals surface area (Å²) in [4.78, 5) is 12.1. The van der Waals surface area contributed by atoms with Crippen molar-refractivity contribution in [3.8, 4) is 5.75 Å². The number of rotatable bonds is 5. The van der Waals surface area contributed by atoms with Crippen LogP contribution in [0.2, 0.25) is 0 Å². The Morgan fingerprint density at radius 2 is 1.89 bits per heavy atom. The summed E-state index contributed by atoms with van der Waals surface area (Å²) >= 11 is 0. The van der Waals surface area contributed by atoms with Gasteiger partial charge in [-0.05, 0) is 43.5 Å². The van der Waals surface area contributed by atoms with Gasteiger partial charge in [-0.3, -0.25) is 15.0 Å². The third-order valence-corrected chi connectivity index (χ3v) is 6.68. The lowest BCUT2D eigenvalue weighted by Crippen LogP contribution is -2.45. The summed E-state index contributed by atoms with van der Waals surface area (Å²) in [6.45, 7) is 1.67. The molecule has 3 rings (SSSR count). The lowest BCUT2D eigenvalue weighted by molar-refractivity contribution is -0.132. The number of amides is 1. The number of benzene rings is 1. The van der Waals surface area contributed by atoms with Gasteiger partial charge in [0.15, 0.2) is 0 Å². The first kappa shape index (κ1) is 19.6. The van der Waals surface area contributed by atoms with Crippen LogP contribution in [-0.2, 0) is 14.8 Å². The number of methoxy groups -OCH3 is 1. The Bertz CT molecular complexity index is 803. The molecule has 10 heteroatoms. The molecule has 1 aromatic carbocycles. The van der Waals surface area contributed by atoms with Gasteiger partial charge in [0, 0.05) is 19.5 Å². The number of hydrogen-bond donors (Lipinski definition) is 2. The molecule has 0 unspecified atom stereocenters. The Morgan fingerprint density at radius 1 is 1.22 bits per heavy atom. The smallest absolute Gasteiger partial charge is 0.262 e. The molecule has 2 aliphatic heterocycles. The summed E-state index contributed by atoms with van der Waals surface area (Å²) in [6.07, 6.45) is 3.41. The highest BCUT2D eigenvalue weighted by Gasteiger charge is 2.42. The molecule has 1 aromatic rings. The van der Waals surface area contributed by atoms with E-state index in [0.717, 1.165) is 36.7 Å². The van der Waals surface area contributed by atoms with Gasteiger partial charge in [-0.15, -0.1) is 0 Å².